The largest absolute Gasteiger partial charge is 0.480 e. The van der Waals surface area contributed by atoms with E-state index in [9.17, 15) is 9.90 Å². The average molecular weight is 315 g/mol. The van der Waals surface area contributed by atoms with Crippen LogP contribution in [0, 0.1) is 6.92 Å². The first kappa shape index (κ1) is 15.7. The molecule has 1 fully saturated rings. The molecule has 112 valence electrons. The van der Waals surface area contributed by atoms with Gasteiger partial charge in [-0.3, -0.25) is 10.1 Å². The first-order chi connectivity index (χ1) is 9.49. The van der Waals surface area contributed by atoms with Gasteiger partial charge in [-0.25, -0.2) is 0 Å². The minimum Gasteiger partial charge on any atom is -0.480 e. The summed E-state index contributed by atoms with van der Waals surface area (Å²) in [6.45, 7) is 3.75. The molecule has 1 saturated carbocycles. The molecule has 1 aromatic heterocycles. The van der Waals surface area contributed by atoms with Crippen molar-refractivity contribution in [2.75, 3.05) is 5.75 Å². The van der Waals surface area contributed by atoms with Crippen LogP contribution >= 0.6 is 23.1 Å². The molecular formula is C13H21N3O2S2. The zero-order chi connectivity index (χ0) is 14.6. The number of aryl methyl sites for hydroxylation is 1. The van der Waals surface area contributed by atoms with Gasteiger partial charge in [0.25, 0.3) is 0 Å². The van der Waals surface area contributed by atoms with Crippen LogP contribution in [-0.2, 0) is 4.79 Å². The van der Waals surface area contributed by atoms with E-state index in [2.05, 4.69) is 15.5 Å². The van der Waals surface area contributed by atoms with Gasteiger partial charge in [-0.1, -0.05) is 29.5 Å². The smallest absolute Gasteiger partial charge is 0.323 e. The van der Waals surface area contributed by atoms with Crippen LogP contribution in [0.25, 0.3) is 0 Å². The third kappa shape index (κ3) is 4.71. The summed E-state index contributed by atoms with van der Waals surface area (Å²) in [4.78, 5) is 11.4. The lowest BCUT2D eigenvalue weighted by Crippen LogP contribution is -2.50. The summed E-state index contributed by atoms with van der Waals surface area (Å²) in [6.07, 6.45) is 4.80. The van der Waals surface area contributed by atoms with Gasteiger partial charge in [0.15, 0.2) is 4.34 Å². The highest BCUT2D eigenvalue weighted by Crippen LogP contribution is 2.27. The number of carbonyl (C=O) groups is 1. The maximum absolute atomic E-state index is 11.4. The van der Waals surface area contributed by atoms with Crippen molar-refractivity contribution in [3.63, 3.8) is 0 Å². The number of unbranched alkanes of at least 4 members (excludes halogenated alkanes) is 1. The van der Waals surface area contributed by atoms with Crippen molar-refractivity contribution in [2.45, 2.75) is 61.9 Å². The molecule has 2 N–H and O–H groups in total. The lowest BCUT2D eigenvalue weighted by molar-refractivity contribution is -0.144. The lowest BCUT2D eigenvalue weighted by Gasteiger charge is -2.26. The molecule has 0 amide bonds. The summed E-state index contributed by atoms with van der Waals surface area (Å²) in [7, 11) is 0. The molecule has 1 aliphatic rings. The number of aliphatic carboxylic acids is 1. The Morgan fingerprint density at radius 3 is 2.80 bits per heavy atom. The zero-order valence-corrected chi connectivity index (χ0v) is 13.5. The molecule has 1 aliphatic carbocycles. The number of hydrogen-bond donors (Lipinski definition) is 2. The standard InChI is InChI=1S/C13H21N3O2S2/c1-9-15-16-12(20-9)19-8-4-3-7-13(2,11(17)18)14-10-5-6-10/h10,14H,3-8H2,1-2H3,(H,17,18). The SMILES string of the molecule is Cc1nnc(SCCCCC(C)(NC2CC2)C(=O)O)s1. The molecule has 1 atom stereocenters. The van der Waals surface area contributed by atoms with Gasteiger partial charge in [0.05, 0.1) is 0 Å². The summed E-state index contributed by atoms with van der Waals surface area (Å²) in [5.74, 6) is 0.227. The number of nitrogens with one attached hydrogen (secondary N) is 1. The second-order valence-electron chi connectivity index (χ2n) is 5.45. The number of thioether (sulfide) groups is 1. The Bertz CT molecular complexity index is 462. The topological polar surface area (TPSA) is 75.1 Å². The molecule has 0 radical (unpaired) electrons. The Morgan fingerprint density at radius 2 is 2.25 bits per heavy atom. The monoisotopic (exact) mass is 315 g/mol. The van der Waals surface area contributed by atoms with Gasteiger partial charge in [-0.2, -0.15) is 0 Å². The fraction of sp³-hybridized carbons (Fsp3) is 0.769. The van der Waals surface area contributed by atoms with Crippen LogP contribution in [0.3, 0.4) is 0 Å². The Kier molecular flexibility index (Phi) is 5.40. The van der Waals surface area contributed by atoms with Crippen molar-refractivity contribution < 1.29 is 9.90 Å². The maximum Gasteiger partial charge on any atom is 0.323 e. The molecule has 1 unspecified atom stereocenters. The number of carboxylic acid groups (broad SMARTS) is 1. The van der Waals surface area contributed by atoms with Crippen LogP contribution in [0.2, 0.25) is 0 Å². The first-order valence-electron chi connectivity index (χ1n) is 6.93. The van der Waals surface area contributed by atoms with E-state index >= 15 is 0 Å². The number of nitrogens with zero attached hydrogens (tertiary/aromatic N) is 2. The number of aromatic nitrogens is 2. The second-order valence-corrected chi connectivity index (χ2v) is 7.97. The molecule has 0 spiro atoms. The van der Waals surface area contributed by atoms with Gasteiger partial charge < -0.3 is 5.11 Å². The van der Waals surface area contributed by atoms with Crippen LogP contribution in [-0.4, -0.2) is 38.6 Å². The van der Waals surface area contributed by atoms with E-state index in [0.29, 0.717) is 12.5 Å². The van der Waals surface area contributed by atoms with Gasteiger partial charge in [-0.15, -0.1) is 10.2 Å². The van der Waals surface area contributed by atoms with Crippen LogP contribution in [0.1, 0.15) is 44.0 Å². The van der Waals surface area contributed by atoms with Crippen molar-refractivity contribution in [3.05, 3.63) is 5.01 Å². The van der Waals surface area contributed by atoms with E-state index in [-0.39, 0.29) is 0 Å². The molecule has 1 aromatic rings. The molecule has 0 aliphatic heterocycles. The van der Waals surface area contributed by atoms with Crippen molar-refractivity contribution in [2.24, 2.45) is 0 Å². The van der Waals surface area contributed by atoms with Gasteiger partial charge in [0.1, 0.15) is 10.5 Å². The Hall–Kier alpha value is -0.660. The summed E-state index contributed by atoms with van der Waals surface area (Å²) in [5, 5.41) is 21.6. The summed E-state index contributed by atoms with van der Waals surface area (Å²) < 4.78 is 1.000. The van der Waals surface area contributed by atoms with E-state index < -0.39 is 11.5 Å². The minimum atomic E-state index is -0.773. The number of hydrogen-bond acceptors (Lipinski definition) is 6. The van der Waals surface area contributed by atoms with Gasteiger partial charge >= 0.3 is 5.97 Å². The van der Waals surface area contributed by atoms with Gasteiger partial charge in [0.2, 0.25) is 0 Å². The van der Waals surface area contributed by atoms with E-state index in [4.69, 9.17) is 0 Å². The van der Waals surface area contributed by atoms with Crippen molar-refractivity contribution in [1.29, 1.82) is 0 Å². The average Bonchev–Trinajstić information content (AvgIpc) is 3.09. The van der Waals surface area contributed by atoms with Crippen LogP contribution in [0.5, 0.6) is 0 Å². The number of rotatable bonds is 9. The molecule has 5 nitrogen and oxygen atoms in total. The second kappa shape index (κ2) is 6.87. The normalized spacial score (nSPS) is 17.9. The highest BCUT2D eigenvalue weighted by molar-refractivity contribution is 8.01. The van der Waals surface area contributed by atoms with Crippen molar-refractivity contribution in [1.82, 2.24) is 15.5 Å². The summed E-state index contributed by atoms with van der Waals surface area (Å²) in [5.41, 5.74) is -0.773. The third-order valence-electron chi connectivity index (χ3n) is 3.38. The highest BCUT2D eigenvalue weighted by Gasteiger charge is 2.37. The van der Waals surface area contributed by atoms with Crippen molar-refractivity contribution >= 4 is 29.1 Å². The number of carboxylic acids is 1. The van der Waals surface area contributed by atoms with Crippen LogP contribution < -0.4 is 5.32 Å². The van der Waals surface area contributed by atoms with Gasteiger partial charge in [-0.05, 0) is 39.5 Å². The molecular weight excluding hydrogens is 294 g/mol. The summed E-state index contributed by atoms with van der Waals surface area (Å²) >= 11 is 3.31. The predicted molar refractivity (Wildman–Crippen MR) is 81.4 cm³/mol. The molecule has 0 bridgehead atoms. The van der Waals surface area contributed by atoms with E-state index in [0.717, 1.165) is 40.8 Å². The van der Waals surface area contributed by atoms with Crippen LogP contribution in [0.15, 0.2) is 4.34 Å². The van der Waals surface area contributed by atoms with Gasteiger partial charge in [0, 0.05) is 11.8 Å². The van der Waals surface area contributed by atoms with E-state index in [1.807, 2.05) is 6.92 Å². The molecule has 7 heteroatoms. The fourth-order valence-electron chi connectivity index (χ4n) is 2.00. The van der Waals surface area contributed by atoms with E-state index in [1.54, 1.807) is 30.0 Å². The molecule has 0 aromatic carbocycles. The summed E-state index contributed by atoms with van der Waals surface area (Å²) in [6, 6.07) is 0.412. The first-order valence-corrected chi connectivity index (χ1v) is 8.74. The maximum atomic E-state index is 11.4. The Morgan fingerprint density at radius 1 is 1.50 bits per heavy atom. The Balaban J connectivity index is 1.66. The molecule has 0 saturated heterocycles. The molecule has 20 heavy (non-hydrogen) atoms. The fourth-order valence-corrected chi connectivity index (χ4v) is 3.88. The Labute approximate surface area is 127 Å². The lowest BCUT2D eigenvalue weighted by atomic mass is 9.95. The quantitative estimate of drug-likeness (QED) is 0.539. The predicted octanol–water partition coefficient (Wildman–Crippen LogP) is 2.70. The van der Waals surface area contributed by atoms with E-state index in [1.165, 1.54) is 0 Å². The zero-order valence-electron chi connectivity index (χ0n) is 11.9. The molecule has 2 rings (SSSR count). The molecule has 1 heterocycles. The third-order valence-corrected chi connectivity index (χ3v) is 5.43. The van der Waals surface area contributed by atoms with Crippen LogP contribution in [0.4, 0.5) is 0 Å². The van der Waals surface area contributed by atoms with Crippen molar-refractivity contribution in [3.8, 4) is 0 Å². The minimum absolute atomic E-state index is 0.412. The highest BCUT2D eigenvalue weighted by atomic mass is 32.2.